The molecule has 55 heavy (non-hydrogen) atoms. The van der Waals surface area contributed by atoms with E-state index >= 15 is 0 Å². The van der Waals surface area contributed by atoms with Crippen LogP contribution in [-0.4, -0.2) is 22.6 Å². The first-order valence-electron chi connectivity index (χ1n) is 19.1. The third kappa shape index (κ3) is 12.5. The van der Waals surface area contributed by atoms with E-state index in [4.69, 9.17) is 0 Å². The van der Waals surface area contributed by atoms with Crippen LogP contribution in [0.3, 0.4) is 0 Å². The SMILES string of the molecule is C[C@H](C1CCCC1)P(C1CCCCC1)C1CCCCC1.FC(F)(F)c1cc(P(c2cc(C(F)(F)F)cc(C(F)(F)F)c2)C2[CH][CH]CC2)cc(C(F)(F)F)c1.[Fe]. The van der Waals surface area contributed by atoms with E-state index in [0.717, 1.165) is 22.9 Å². The Morgan fingerprint density at radius 3 is 1.15 bits per heavy atom. The van der Waals surface area contributed by atoms with Crippen LogP contribution >= 0.6 is 15.8 Å². The van der Waals surface area contributed by atoms with Gasteiger partial charge in [0.2, 0.25) is 0 Å². The van der Waals surface area contributed by atoms with Crippen molar-refractivity contribution in [2.45, 2.75) is 157 Å². The predicted octanol–water partition coefficient (Wildman–Crippen LogP) is 14.5. The Morgan fingerprint density at radius 2 is 0.836 bits per heavy atom. The minimum absolute atomic E-state index is 0. The molecule has 4 aliphatic carbocycles. The molecule has 4 aliphatic rings. The smallest absolute Gasteiger partial charge is 0.166 e. The van der Waals surface area contributed by atoms with E-state index in [-0.39, 0.29) is 35.6 Å². The Balaban J connectivity index is 0.000000272. The maximum atomic E-state index is 13.3. The van der Waals surface area contributed by atoms with Gasteiger partial charge < -0.3 is 0 Å². The summed E-state index contributed by atoms with van der Waals surface area (Å²) in [7, 11) is -2.16. The van der Waals surface area contributed by atoms with Gasteiger partial charge in [0.15, 0.2) is 0 Å². The van der Waals surface area contributed by atoms with Crippen molar-refractivity contribution < 1.29 is 69.8 Å². The summed E-state index contributed by atoms with van der Waals surface area (Å²) in [5.74, 6) is 1.12. The first-order valence-corrected chi connectivity index (χ1v) is 22.0. The molecule has 0 aliphatic heterocycles. The molecule has 310 valence electrons. The van der Waals surface area contributed by atoms with Gasteiger partial charge in [-0.05, 0) is 148 Å². The number of halogens is 12. The Morgan fingerprint density at radius 1 is 0.491 bits per heavy atom. The van der Waals surface area contributed by atoms with Gasteiger partial charge in [0, 0.05) is 17.1 Å². The number of alkyl halides is 12. The van der Waals surface area contributed by atoms with Crippen molar-refractivity contribution in [3.05, 3.63) is 71.5 Å². The van der Waals surface area contributed by atoms with Gasteiger partial charge in [-0.25, -0.2) is 0 Å². The van der Waals surface area contributed by atoms with Gasteiger partial charge in [0.25, 0.3) is 0 Å². The normalized spacial score (nSPS) is 20.8. The van der Waals surface area contributed by atoms with Crippen LogP contribution in [0.25, 0.3) is 0 Å². The Kier molecular flexibility index (Phi) is 16.4. The molecular formula is C40H48F12FeP2. The van der Waals surface area contributed by atoms with Crippen molar-refractivity contribution >= 4 is 26.5 Å². The largest absolute Gasteiger partial charge is 0.416 e. The Bertz CT molecular complexity index is 1340. The van der Waals surface area contributed by atoms with Crippen molar-refractivity contribution in [2.24, 2.45) is 5.92 Å². The molecule has 0 N–H and O–H groups in total. The zero-order valence-electron chi connectivity index (χ0n) is 30.6. The molecule has 0 nitrogen and oxygen atoms in total. The quantitative estimate of drug-likeness (QED) is 0.148. The van der Waals surface area contributed by atoms with Gasteiger partial charge in [-0.3, -0.25) is 0 Å². The van der Waals surface area contributed by atoms with Crippen LogP contribution in [0.4, 0.5) is 52.7 Å². The molecule has 4 fully saturated rings. The van der Waals surface area contributed by atoms with E-state index in [2.05, 4.69) is 6.92 Å². The van der Waals surface area contributed by atoms with Crippen molar-refractivity contribution in [1.29, 1.82) is 0 Å². The number of rotatable bonds is 7. The maximum absolute atomic E-state index is 13.3. The van der Waals surface area contributed by atoms with Crippen LogP contribution in [0.1, 0.15) is 132 Å². The van der Waals surface area contributed by atoms with Crippen LogP contribution in [0.15, 0.2) is 36.4 Å². The standard InChI is InChI=1S/C21H13F12P.C19H35P.Fe/c22-18(23,24)11-5-12(19(25,26)27)8-16(7-11)34(15-3-1-2-4-15)17-9-13(20(28,29)30)6-14(10-17)21(31,32)33;1-16(17-10-8-9-11-17)20(18-12-4-2-5-13-18)19-14-6-3-7-15-19;/h1,3,5-10,15H,2,4H2;16-19H,2-15H2,1H3;/t;16-;/m.1./s1. The van der Waals surface area contributed by atoms with Gasteiger partial charge >= 0.3 is 24.7 Å². The summed E-state index contributed by atoms with van der Waals surface area (Å²) in [6, 6.07) is 1.16. The summed E-state index contributed by atoms with van der Waals surface area (Å²) in [5, 5.41) is -1.25. The van der Waals surface area contributed by atoms with Crippen molar-refractivity contribution in [3.63, 3.8) is 0 Å². The molecule has 0 spiro atoms. The molecule has 0 amide bonds. The van der Waals surface area contributed by atoms with E-state index in [1.165, 1.54) is 38.5 Å². The molecule has 4 saturated carbocycles. The second-order valence-corrected chi connectivity index (χ2v) is 20.9. The van der Waals surface area contributed by atoms with Gasteiger partial charge in [-0.15, -0.1) is 0 Å². The minimum atomic E-state index is -5.23. The third-order valence-corrected chi connectivity index (χ3v) is 18.4. The first kappa shape index (κ1) is 46.7. The molecule has 0 aromatic heterocycles. The fourth-order valence-electron chi connectivity index (χ4n) is 8.92. The fraction of sp³-hybridized carbons (Fsp3) is 0.650. The van der Waals surface area contributed by atoms with Crippen molar-refractivity contribution in [3.8, 4) is 0 Å². The van der Waals surface area contributed by atoms with Crippen LogP contribution in [0.5, 0.6) is 0 Å². The number of hydrogen-bond acceptors (Lipinski definition) is 0. The molecular weight excluding hydrogens is 826 g/mol. The van der Waals surface area contributed by atoms with Crippen molar-refractivity contribution in [2.75, 3.05) is 0 Å². The average molecular weight is 875 g/mol. The van der Waals surface area contributed by atoms with Crippen LogP contribution in [-0.2, 0) is 41.8 Å². The third-order valence-electron chi connectivity index (χ3n) is 11.6. The molecule has 0 saturated heterocycles. The van der Waals surface area contributed by atoms with Crippen LogP contribution in [0.2, 0.25) is 0 Å². The number of benzene rings is 2. The van der Waals surface area contributed by atoms with E-state index in [0.29, 0.717) is 38.6 Å². The summed E-state index contributed by atoms with van der Waals surface area (Å²) in [6.07, 6.45) is 4.31. The van der Waals surface area contributed by atoms with Crippen LogP contribution < -0.4 is 10.6 Å². The molecule has 2 aromatic carbocycles. The average Bonchev–Trinajstić information content (AvgIpc) is 3.84. The van der Waals surface area contributed by atoms with Gasteiger partial charge in [0.05, 0.1) is 22.3 Å². The molecule has 0 bridgehead atoms. The van der Waals surface area contributed by atoms with Crippen LogP contribution in [0, 0.1) is 18.8 Å². The zero-order valence-corrected chi connectivity index (χ0v) is 33.5. The Labute approximate surface area is 329 Å². The van der Waals surface area contributed by atoms with E-state index in [9.17, 15) is 52.7 Å². The molecule has 2 radical (unpaired) electrons. The molecule has 6 rings (SSSR count). The molecule has 2 aromatic rings. The topological polar surface area (TPSA) is 0 Å². The Hall–Kier alpha value is -1.02. The minimum Gasteiger partial charge on any atom is -0.166 e. The van der Waals surface area contributed by atoms with E-state index in [1.54, 1.807) is 64.2 Å². The second-order valence-electron chi connectivity index (χ2n) is 15.3. The number of hydrogen-bond donors (Lipinski definition) is 0. The summed E-state index contributed by atoms with van der Waals surface area (Å²) in [5.41, 5.74) is -4.23. The molecule has 15 heteroatoms. The molecule has 2 atom stereocenters. The van der Waals surface area contributed by atoms with Gasteiger partial charge in [-0.1, -0.05) is 66.2 Å². The summed E-state index contributed by atoms with van der Waals surface area (Å²) in [4.78, 5) is 0. The maximum Gasteiger partial charge on any atom is 0.416 e. The van der Waals surface area contributed by atoms with E-state index < -0.39 is 71.1 Å². The molecule has 1 unspecified atom stereocenters. The fourth-order valence-corrected chi connectivity index (χ4v) is 16.4. The van der Waals surface area contributed by atoms with Crippen molar-refractivity contribution in [1.82, 2.24) is 0 Å². The summed E-state index contributed by atoms with van der Waals surface area (Å²) < 4.78 is 160. The van der Waals surface area contributed by atoms with E-state index in [1.807, 2.05) is 0 Å². The first-order chi connectivity index (χ1) is 25.2. The predicted molar refractivity (Wildman–Crippen MR) is 193 cm³/mol. The van der Waals surface area contributed by atoms with Gasteiger partial charge in [0.1, 0.15) is 0 Å². The van der Waals surface area contributed by atoms with Gasteiger partial charge in [-0.2, -0.15) is 52.7 Å². The second kappa shape index (κ2) is 19.4. The molecule has 0 heterocycles. The summed E-state index contributed by atoms with van der Waals surface area (Å²) >= 11 is 0. The zero-order chi connectivity index (χ0) is 39.5. The summed E-state index contributed by atoms with van der Waals surface area (Å²) in [6.45, 7) is 2.69. The monoisotopic (exact) mass is 874 g/mol.